The number of benzene rings is 1. The zero-order chi connectivity index (χ0) is 17.2. The fourth-order valence-corrected chi connectivity index (χ4v) is 4.88. The number of nitrogens with zero attached hydrogens (tertiary/aromatic N) is 1. The van der Waals surface area contributed by atoms with Crippen molar-refractivity contribution in [3.63, 3.8) is 0 Å². The molecule has 1 saturated heterocycles. The van der Waals surface area contributed by atoms with Gasteiger partial charge in [-0.25, -0.2) is 9.37 Å². The summed E-state index contributed by atoms with van der Waals surface area (Å²) in [5.41, 5.74) is 1.45. The second-order valence-electron chi connectivity index (χ2n) is 6.01. The Kier molecular flexibility index (Phi) is 4.87. The SMILES string of the molecule is O=c1[nH]c(SC[C@H]2CCCCO2)nc2scc(-c3ccc(F)cc3)c12. The molecular weight excluding hydrogens is 359 g/mol. The zero-order valence-corrected chi connectivity index (χ0v) is 15.1. The van der Waals surface area contributed by atoms with E-state index in [9.17, 15) is 9.18 Å². The molecular formula is C18H17FN2O2S2. The maximum Gasteiger partial charge on any atom is 0.260 e. The number of fused-ring (bicyclic) bond motifs is 1. The van der Waals surface area contributed by atoms with Crippen molar-refractivity contribution < 1.29 is 9.13 Å². The van der Waals surface area contributed by atoms with Crippen LogP contribution in [-0.2, 0) is 4.74 Å². The minimum atomic E-state index is -0.293. The van der Waals surface area contributed by atoms with E-state index >= 15 is 0 Å². The Morgan fingerprint density at radius 3 is 2.92 bits per heavy atom. The second kappa shape index (κ2) is 7.27. The Labute approximate surface area is 152 Å². The number of hydrogen-bond donors (Lipinski definition) is 1. The number of hydrogen-bond acceptors (Lipinski definition) is 5. The van der Waals surface area contributed by atoms with Crippen LogP contribution in [0.25, 0.3) is 21.3 Å². The van der Waals surface area contributed by atoms with Crippen molar-refractivity contribution in [3.8, 4) is 11.1 Å². The lowest BCUT2D eigenvalue weighted by Gasteiger charge is -2.21. The van der Waals surface area contributed by atoms with Crippen LogP contribution in [0.15, 0.2) is 39.6 Å². The number of aromatic amines is 1. The summed E-state index contributed by atoms with van der Waals surface area (Å²) < 4.78 is 18.8. The highest BCUT2D eigenvalue weighted by Crippen LogP contribution is 2.32. The van der Waals surface area contributed by atoms with Crippen LogP contribution in [0.2, 0.25) is 0 Å². The van der Waals surface area contributed by atoms with E-state index < -0.39 is 0 Å². The van der Waals surface area contributed by atoms with Crippen LogP contribution in [0.1, 0.15) is 19.3 Å². The van der Waals surface area contributed by atoms with Gasteiger partial charge in [0.15, 0.2) is 5.16 Å². The maximum atomic E-state index is 13.1. The molecule has 1 aliphatic heterocycles. The molecule has 0 radical (unpaired) electrons. The third-order valence-corrected chi connectivity index (χ3v) is 6.13. The molecule has 0 saturated carbocycles. The first-order valence-corrected chi connectivity index (χ1v) is 10.1. The van der Waals surface area contributed by atoms with E-state index in [1.54, 1.807) is 12.1 Å². The molecule has 1 aromatic carbocycles. The smallest absolute Gasteiger partial charge is 0.260 e. The summed E-state index contributed by atoms with van der Waals surface area (Å²) in [4.78, 5) is 20.7. The van der Waals surface area contributed by atoms with E-state index in [0.29, 0.717) is 15.4 Å². The molecule has 3 aromatic rings. The van der Waals surface area contributed by atoms with Crippen LogP contribution in [0, 0.1) is 5.82 Å². The molecule has 0 aliphatic carbocycles. The molecule has 0 bridgehead atoms. The summed E-state index contributed by atoms with van der Waals surface area (Å²) >= 11 is 2.96. The topological polar surface area (TPSA) is 55.0 Å². The first kappa shape index (κ1) is 16.8. The zero-order valence-electron chi connectivity index (χ0n) is 13.5. The molecule has 2 aromatic heterocycles. The van der Waals surface area contributed by atoms with Crippen molar-refractivity contribution in [1.29, 1.82) is 0 Å². The number of thioether (sulfide) groups is 1. The molecule has 130 valence electrons. The third kappa shape index (κ3) is 3.63. The van der Waals surface area contributed by atoms with Gasteiger partial charge >= 0.3 is 0 Å². The maximum absolute atomic E-state index is 13.1. The largest absolute Gasteiger partial charge is 0.377 e. The molecule has 25 heavy (non-hydrogen) atoms. The van der Waals surface area contributed by atoms with Gasteiger partial charge in [-0.05, 0) is 37.0 Å². The average Bonchev–Trinajstić information content (AvgIpc) is 3.06. The van der Waals surface area contributed by atoms with Gasteiger partial charge in [-0.1, -0.05) is 23.9 Å². The minimum Gasteiger partial charge on any atom is -0.377 e. The van der Waals surface area contributed by atoms with Crippen molar-refractivity contribution in [2.24, 2.45) is 0 Å². The first-order valence-electron chi connectivity index (χ1n) is 8.22. The fourth-order valence-electron chi connectivity index (χ4n) is 2.95. The van der Waals surface area contributed by atoms with Crippen LogP contribution in [0.5, 0.6) is 0 Å². The molecule has 0 amide bonds. The van der Waals surface area contributed by atoms with Gasteiger partial charge in [-0.15, -0.1) is 11.3 Å². The summed E-state index contributed by atoms with van der Waals surface area (Å²) in [5.74, 6) is 0.504. The van der Waals surface area contributed by atoms with Gasteiger partial charge in [-0.2, -0.15) is 0 Å². The van der Waals surface area contributed by atoms with Gasteiger partial charge in [0.2, 0.25) is 0 Å². The molecule has 0 unspecified atom stereocenters. The number of thiophene rings is 1. The lowest BCUT2D eigenvalue weighted by atomic mass is 10.1. The van der Waals surface area contributed by atoms with E-state index in [2.05, 4.69) is 9.97 Å². The van der Waals surface area contributed by atoms with Crippen molar-refractivity contribution in [2.45, 2.75) is 30.5 Å². The van der Waals surface area contributed by atoms with Crippen LogP contribution < -0.4 is 5.56 Å². The summed E-state index contributed by atoms with van der Waals surface area (Å²) in [7, 11) is 0. The molecule has 1 fully saturated rings. The van der Waals surface area contributed by atoms with E-state index in [0.717, 1.165) is 36.3 Å². The van der Waals surface area contributed by atoms with Crippen molar-refractivity contribution in [2.75, 3.05) is 12.4 Å². The third-order valence-electron chi connectivity index (χ3n) is 4.26. The second-order valence-corrected chi connectivity index (χ2v) is 7.87. The number of halogens is 1. The Bertz CT molecular complexity index is 930. The van der Waals surface area contributed by atoms with Crippen LogP contribution in [-0.4, -0.2) is 28.4 Å². The summed E-state index contributed by atoms with van der Waals surface area (Å²) in [5, 5.41) is 3.09. The quantitative estimate of drug-likeness (QED) is 0.540. The van der Waals surface area contributed by atoms with Crippen LogP contribution in [0.3, 0.4) is 0 Å². The predicted molar refractivity (Wildman–Crippen MR) is 99.9 cm³/mol. The predicted octanol–water partition coefficient (Wildman–Crippen LogP) is 4.45. The van der Waals surface area contributed by atoms with Crippen molar-refractivity contribution in [1.82, 2.24) is 9.97 Å². The Morgan fingerprint density at radius 2 is 2.16 bits per heavy atom. The highest BCUT2D eigenvalue weighted by molar-refractivity contribution is 7.99. The summed E-state index contributed by atoms with van der Waals surface area (Å²) in [6.45, 7) is 0.820. The van der Waals surface area contributed by atoms with Gasteiger partial charge in [0, 0.05) is 23.3 Å². The van der Waals surface area contributed by atoms with Gasteiger partial charge < -0.3 is 9.72 Å². The van der Waals surface area contributed by atoms with Crippen LogP contribution in [0.4, 0.5) is 4.39 Å². The Balaban J connectivity index is 1.60. The molecule has 1 aliphatic rings. The summed E-state index contributed by atoms with van der Waals surface area (Å²) in [6.07, 6.45) is 3.62. The van der Waals surface area contributed by atoms with E-state index in [1.165, 1.54) is 41.7 Å². The normalized spacial score (nSPS) is 17.9. The van der Waals surface area contributed by atoms with Gasteiger partial charge in [-0.3, -0.25) is 4.79 Å². The number of H-pyrrole nitrogens is 1. The van der Waals surface area contributed by atoms with E-state index in [1.807, 2.05) is 5.38 Å². The van der Waals surface area contributed by atoms with Gasteiger partial charge in [0.05, 0.1) is 11.5 Å². The van der Waals surface area contributed by atoms with Gasteiger partial charge in [0.1, 0.15) is 10.6 Å². The monoisotopic (exact) mass is 376 g/mol. The number of ether oxygens (including phenoxy) is 1. The lowest BCUT2D eigenvalue weighted by Crippen LogP contribution is -2.21. The highest BCUT2D eigenvalue weighted by Gasteiger charge is 2.17. The molecule has 1 N–H and O–H groups in total. The molecule has 4 rings (SSSR count). The van der Waals surface area contributed by atoms with Gasteiger partial charge in [0.25, 0.3) is 5.56 Å². The number of aromatic nitrogens is 2. The molecule has 0 spiro atoms. The minimum absolute atomic E-state index is 0.155. The first-order chi connectivity index (χ1) is 12.2. The molecule has 3 heterocycles. The standard InChI is InChI=1S/C18H17FN2O2S2/c19-12-6-4-11(5-7-12)14-10-24-17-15(14)16(22)20-18(21-17)25-9-13-3-1-2-8-23-13/h4-7,10,13H,1-3,8-9H2,(H,20,21,22)/t13-/m1/s1. The number of nitrogens with one attached hydrogen (secondary N) is 1. The Hall–Kier alpha value is -1.70. The highest BCUT2D eigenvalue weighted by atomic mass is 32.2. The fraction of sp³-hybridized carbons (Fsp3) is 0.333. The summed E-state index contributed by atoms with van der Waals surface area (Å²) in [6, 6.07) is 6.16. The average molecular weight is 376 g/mol. The van der Waals surface area contributed by atoms with E-state index in [-0.39, 0.29) is 17.5 Å². The van der Waals surface area contributed by atoms with Crippen LogP contribution >= 0.6 is 23.1 Å². The lowest BCUT2D eigenvalue weighted by molar-refractivity contribution is 0.0315. The molecule has 4 nitrogen and oxygen atoms in total. The molecule has 1 atom stereocenters. The van der Waals surface area contributed by atoms with E-state index in [4.69, 9.17) is 4.74 Å². The number of rotatable bonds is 4. The van der Waals surface area contributed by atoms with Crippen molar-refractivity contribution >= 4 is 33.3 Å². The van der Waals surface area contributed by atoms with Crippen molar-refractivity contribution in [3.05, 3.63) is 45.8 Å². The molecule has 7 heteroatoms. The Morgan fingerprint density at radius 1 is 1.32 bits per heavy atom.